The molecule has 0 unspecified atom stereocenters. The Morgan fingerprint density at radius 3 is 0.771 bits per heavy atom. The van der Waals surface area contributed by atoms with Crippen LogP contribution in [0.25, 0.3) is 255 Å². The molecule has 0 fully saturated rings. The molecule has 140 heavy (non-hydrogen) atoms. The van der Waals surface area contributed by atoms with Gasteiger partial charge in [-0.25, -0.2) is 0 Å². The summed E-state index contributed by atoms with van der Waals surface area (Å²) in [5, 5.41) is 20.4. The molecule has 0 saturated carbocycles. The van der Waals surface area contributed by atoms with Gasteiger partial charge in [0.2, 0.25) is 0 Å². The van der Waals surface area contributed by atoms with Crippen molar-refractivity contribution >= 4 is 194 Å². The fraction of sp³-hybridized carbons (Fsp3) is 0. The minimum atomic E-state index is 0.928. The van der Waals surface area contributed by atoms with E-state index in [1.807, 2.05) is 34.8 Å². The molecule has 656 valence electrons. The van der Waals surface area contributed by atoms with E-state index in [9.17, 15) is 0 Å². The quantitative estimate of drug-likeness (QED) is 0.134. The molecule has 0 amide bonds. The van der Waals surface area contributed by atoms with Crippen LogP contribution < -0.4 is 0 Å². The van der Waals surface area contributed by atoms with Gasteiger partial charge in [0, 0.05) is 133 Å². The number of rotatable bonds is 10. The van der Waals surface area contributed by atoms with Crippen LogP contribution >= 0.6 is 22.7 Å². The first kappa shape index (κ1) is 81.6. The van der Waals surface area contributed by atoms with Crippen molar-refractivity contribution in [2.75, 3.05) is 0 Å². The van der Waals surface area contributed by atoms with Gasteiger partial charge in [-0.15, -0.1) is 22.7 Å². The third kappa shape index (κ3) is 14.1. The largest absolute Gasteiger partial charge is 0.456 e. The van der Waals surface area contributed by atoms with Crippen LogP contribution in [0.2, 0.25) is 0 Å². The molecule has 8 heteroatoms. The maximum Gasteiger partial charge on any atom is 0.135 e. The Hall–Kier alpha value is -17.9. The van der Waals surface area contributed by atoms with Crippen molar-refractivity contribution < 1.29 is 4.42 Å². The summed E-state index contributed by atoms with van der Waals surface area (Å²) in [6.45, 7) is 0. The molecule has 0 N–H and O–H groups in total. The monoisotopic (exact) mass is 1820 g/mol. The highest BCUT2D eigenvalue weighted by atomic mass is 32.1. The highest BCUT2D eigenvalue weighted by Gasteiger charge is 2.23. The molecular weight excluding hydrogens is 1740 g/mol. The van der Waals surface area contributed by atoms with Crippen LogP contribution in [0.15, 0.2) is 520 Å². The smallest absolute Gasteiger partial charge is 0.135 e. The second-order valence-electron chi connectivity index (χ2n) is 36.1. The van der Waals surface area contributed by atoms with E-state index in [-0.39, 0.29) is 0 Å². The number of para-hydroxylation sites is 10. The molecule has 0 aliphatic heterocycles. The van der Waals surface area contributed by atoms with E-state index < -0.39 is 0 Å². The van der Waals surface area contributed by atoms with E-state index in [2.05, 4.69) is 526 Å². The lowest BCUT2D eigenvalue weighted by molar-refractivity contribution is 0.669. The molecule has 0 saturated heterocycles. The molecule has 0 aliphatic rings. The number of benzene rings is 22. The van der Waals surface area contributed by atoms with Gasteiger partial charge < -0.3 is 27.3 Å². The lowest BCUT2D eigenvalue weighted by Gasteiger charge is -2.11. The minimum Gasteiger partial charge on any atom is -0.456 e. The second-order valence-corrected chi connectivity index (χ2v) is 38.3. The summed E-state index contributed by atoms with van der Waals surface area (Å²) in [5.74, 6) is 0. The highest BCUT2D eigenvalue weighted by Crippen LogP contribution is 2.46. The first-order valence-corrected chi connectivity index (χ1v) is 49.4. The third-order valence-electron chi connectivity index (χ3n) is 28.1. The van der Waals surface area contributed by atoms with Gasteiger partial charge in [-0.3, -0.25) is 0 Å². The third-order valence-corrected chi connectivity index (χ3v) is 30.4. The van der Waals surface area contributed by atoms with Crippen molar-refractivity contribution in [1.29, 1.82) is 0 Å². The van der Waals surface area contributed by atoms with E-state index in [1.54, 1.807) is 0 Å². The first-order valence-electron chi connectivity index (χ1n) is 47.7. The van der Waals surface area contributed by atoms with Crippen molar-refractivity contribution in [2.24, 2.45) is 0 Å². The maximum absolute atomic E-state index is 6.02. The van der Waals surface area contributed by atoms with Crippen molar-refractivity contribution in [2.45, 2.75) is 0 Å². The van der Waals surface area contributed by atoms with E-state index in [0.717, 1.165) is 21.9 Å². The van der Waals surface area contributed by atoms with Gasteiger partial charge in [-0.1, -0.05) is 315 Å². The molecule has 30 aromatic rings. The summed E-state index contributed by atoms with van der Waals surface area (Å²) < 4.78 is 23.3. The van der Waals surface area contributed by atoms with Crippen LogP contribution in [-0.2, 0) is 0 Å². The SMILES string of the molecule is c1ccc(-c2cccc(-n3c4ccccc4c4cc(-c5ccc6sc7ccccc7c6c5)ccc43)c2)cc1.c1ccc(-n2c3ccccc3c3cc(-c4ccc5c6ccccc6n(-c6ccccc6)c5c4)ccc32)cc1.c1ccc(-n2c3ccccc3c3cc(-c4ccc5oc6ccccc6c5c4)ccc32)cc1.c1ccc(-n2c3ccccc3c3cc(-c4ccc5sc6ccccc6c5c4)ccc32)cc1. The van der Waals surface area contributed by atoms with Crippen molar-refractivity contribution in [3.05, 3.63) is 516 Å². The second kappa shape index (κ2) is 34.2. The molecule has 0 atom stereocenters. The zero-order valence-corrected chi connectivity index (χ0v) is 77.7. The van der Waals surface area contributed by atoms with Gasteiger partial charge in [-0.2, -0.15) is 0 Å². The average Bonchev–Trinajstić information content (AvgIpc) is 1.59. The van der Waals surface area contributed by atoms with Gasteiger partial charge in [0.15, 0.2) is 0 Å². The molecular formula is C132H85N5OS2. The molecule has 22 aromatic carbocycles. The van der Waals surface area contributed by atoms with Gasteiger partial charge in [0.05, 0.1) is 55.2 Å². The summed E-state index contributed by atoms with van der Waals surface area (Å²) in [6, 6.07) is 186. The number of thiophene rings is 2. The van der Waals surface area contributed by atoms with Crippen molar-refractivity contribution in [3.8, 4) is 84.1 Å². The van der Waals surface area contributed by atoms with Crippen LogP contribution in [0.1, 0.15) is 0 Å². The van der Waals surface area contributed by atoms with E-state index >= 15 is 0 Å². The summed E-state index contributed by atoms with van der Waals surface area (Å²) in [4.78, 5) is 0. The molecule has 0 spiro atoms. The number of nitrogens with zero attached hydrogens (tertiary/aromatic N) is 5. The zero-order chi connectivity index (χ0) is 92.2. The average molecular weight is 1820 g/mol. The van der Waals surface area contributed by atoms with Crippen LogP contribution in [0.3, 0.4) is 0 Å². The Balaban J connectivity index is 0.0000000940. The minimum absolute atomic E-state index is 0.928. The van der Waals surface area contributed by atoms with Crippen molar-refractivity contribution in [3.63, 3.8) is 0 Å². The Kier molecular flexibility index (Phi) is 19.9. The fourth-order valence-corrected chi connectivity index (χ4v) is 23.8. The molecule has 0 aliphatic carbocycles. The summed E-state index contributed by atoms with van der Waals surface area (Å²) in [7, 11) is 0. The first-order chi connectivity index (χ1) is 69.4. The highest BCUT2D eigenvalue weighted by molar-refractivity contribution is 7.26. The van der Waals surface area contributed by atoms with Gasteiger partial charge in [-0.05, 0) is 256 Å². The predicted molar refractivity (Wildman–Crippen MR) is 598 cm³/mol. The normalized spacial score (nSPS) is 11.7. The standard InChI is InChI=1S/C36H24N2.C36H23NS.C30H19NO.C30H19NS/c1-3-11-27(12-4-1)37-34-18-10-8-16-30(34)32-23-25(20-22-35(32)37)26-19-21-31-29-15-7-9-17-33(29)38(36(31)24-26)28-13-5-2-6-14-28;1-2-9-24(10-3-1)25-11-8-12-28(21-25)37-33-15-6-4-13-29(33)31-22-26(17-19-34(31)37)27-18-20-36-32(23-27)30-14-5-7-16-35(30)38-36;2*1-2-8-22(9-3-1)31-27-12-6-4-10-23(27)25-18-20(14-16-28(25)31)21-15-17-30-26(19-21)24-11-5-7-13-29(24)32-30/h1-24H;1-23H;2*1-19H. The Labute approximate surface area is 814 Å². The van der Waals surface area contributed by atoms with E-state index in [0.29, 0.717) is 0 Å². The number of hydrogen-bond acceptors (Lipinski definition) is 3. The number of furan rings is 1. The number of aromatic nitrogens is 5. The van der Waals surface area contributed by atoms with E-state index in [4.69, 9.17) is 4.42 Å². The summed E-state index contributed by atoms with van der Waals surface area (Å²) in [6.07, 6.45) is 0. The summed E-state index contributed by atoms with van der Waals surface area (Å²) in [5.41, 5.74) is 32.4. The predicted octanol–water partition coefficient (Wildman–Crippen LogP) is 37.2. The molecule has 30 rings (SSSR count). The van der Waals surface area contributed by atoms with Crippen LogP contribution in [0, 0.1) is 0 Å². The topological polar surface area (TPSA) is 37.8 Å². The molecule has 8 aromatic heterocycles. The van der Waals surface area contributed by atoms with Crippen LogP contribution in [-0.4, -0.2) is 22.8 Å². The molecule has 8 heterocycles. The van der Waals surface area contributed by atoms with Gasteiger partial charge in [0.25, 0.3) is 0 Å². The zero-order valence-electron chi connectivity index (χ0n) is 76.0. The fourth-order valence-electron chi connectivity index (χ4n) is 21.6. The molecule has 6 nitrogen and oxygen atoms in total. The lowest BCUT2D eigenvalue weighted by Crippen LogP contribution is -1.94. The number of fused-ring (bicyclic) bond motifs is 24. The molecule has 0 radical (unpaired) electrons. The van der Waals surface area contributed by atoms with E-state index in [1.165, 1.54) is 233 Å². The van der Waals surface area contributed by atoms with Gasteiger partial charge >= 0.3 is 0 Å². The Bertz CT molecular complexity index is 9820. The van der Waals surface area contributed by atoms with Crippen molar-refractivity contribution in [1.82, 2.24) is 22.8 Å². The lowest BCUT2D eigenvalue weighted by atomic mass is 10.0. The number of hydrogen-bond donors (Lipinski definition) is 0. The van der Waals surface area contributed by atoms with Gasteiger partial charge in [0.1, 0.15) is 11.2 Å². The van der Waals surface area contributed by atoms with Crippen LogP contribution in [0.4, 0.5) is 0 Å². The Morgan fingerprint density at radius 2 is 0.364 bits per heavy atom. The molecule has 0 bridgehead atoms. The summed E-state index contributed by atoms with van der Waals surface area (Å²) >= 11 is 3.73. The van der Waals surface area contributed by atoms with Crippen LogP contribution in [0.5, 0.6) is 0 Å². The maximum atomic E-state index is 6.02. The Morgan fingerprint density at radius 1 is 0.121 bits per heavy atom.